The maximum atomic E-state index is 4.62. The van der Waals surface area contributed by atoms with Crippen molar-refractivity contribution in [1.29, 1.82) is 0 Å². The van der Waals surface area contributed by atoms with E-state index in [0.29, 0.717) is 5.92 Å². The van der Waals surface area contributed by atoms with Crippen molar-refractivity contribution < 1.29 is 0 Å². The van der Waals surface area contributed by atoms with Crippen molar-refractivity contribution in [1.82, 2.24) is 15.0 Å². The molecule has 1 N–H and O–H groups in total. The third-order valence-corrected chi connectivity index (χ3v) is 3.31. The zero-order chi connectivity index (χ0) is 11.7. The standard InChI is InChI=1S/C12H19N5/c1-2-13-11-14-10(9-5-6-9)15-12(16-11)17-7-3-4-8-17/h9H,2-8H2,1H3,(H,13,14,15,16). The predicted octanol–water partition coefficient (Wildman–Crippen LogP) is 1.78. The van der Waals surface area contributed by atoms with Gasteiger partial charge in [0.15, 0.2) is 0 Å². The number of anilines is 2. The van der Waals surface area contributed by atoms with E-state index in [-0.39, 0.29) is 0 Å². The van der Waals surface area contributed by atoms with Crippen LogP contribution < -0.4 is 10.2 Å². The van der Waals surface area contributed by atoms with Crippen molar-refractivity contribution in [2.24, 2.45) is 0 Å². The highest BCUT2D eigenvalue weighted by Crippen LogP contribution is 2.38. The second kappa shape index (κ2) is 4.47. The zero-order valence-electron chi connectivity index (χ0n) is 10.3. The van der Waals surface area contributed by atoms with Gasteiger partial charge in [-0.1, -0.05) is 0 Å². The van der Waals surface area contributed by atoms with Gasteiger partial charge in [0, 0.05) is 25.6 Å². The minimum atomic E-state index is 0.580. The molecule has 2 heterocycles. The molecule has 1 saturated carbocycles. The SMILES string of the molecule is CCNc1nc(C2CC2)nc(N2CCCC2)n1. The first-order chi connectivity index (χ1) is 8.36. The highest BCUT2D eigenvalue weighted by atomic mass is 15.3. The molecule has 1 aromatic heterocycles. The summed E-state index contributed by atoms with van der Waals surface area (Å²) in [7, 11) is 0. The lowest BCUT2D eigenvalue weighted by molar-refractivity contribution is 0.828. The lowest BCUT2D eigenvalue weighted by atomic mass is 10.4. The third kappa shape index (κ3) is 2.33. The minimum absolute atomic E-state index is 0.580. The van der Waals surface area contributed by atoms with E-state index < -0.39 is 0 Å². The molecule has 5 heteroatoms. The minimum Gasteiger partial charge on any atom is -0.354 e. The van der Waals surface area contributed by atoms with Crippen molar-refractivity contribution in [3.05, 3.63) is 5.82 Å². The van der Waals surface area contributed by atoms with Gasteiger partial charge in [-0.25, -0.2) is 0 Å². The van der Waals surface area contributed by atoms with Gasteiger partial charge < -0.3 is 10.2 Å². The summed E-state index contributed by atoms with van der Waals surface area (Å²) in [5, 5.41) is 3.21. The van der Waals surface area contributed by atoms with E-state index in [2.05, 4.69) is 32.1 Å². The molecule has 17 heavy (non-hydrogen) atoms. The summed E-state index contributed by atoms with van der Waals surface area (Å²) >= 11 is 0. The van der Waals surface area contributed by atoms with Crippen LogP contribution in [0.25, 0.3) is 0 Å². The molecule has 1 aromatic rings. The monoisotopic (exact) mass is 233 g/mol. The Morgan fingerprint density at radius 3 is 2.59 bits per heavy atom. The van der Waals surface area contributed by atoms with Crippen LogP contribution in [-0.4, -0.2) is 34.6 Å². The van der Waals surface area contributed by atoms with Gasteiger partial charge in [0.05, 0.1) is 0 Å². The van der Waals surface area contributed by atoms with Gasteiger partial charge >= 0.3 is 0 Å². The number of aromatic nitrogens is 3. The maximum absolute atomic E-state index is 4.62. The smallest absolute Gasteiger partial charge is 0.230 e. The van der Waals surface area contributed by atoms with Crippen LogP contribution >= 0.6 is 0 Å². The molecule has 3 rings (SSSR count). The van der Waals surface area contributed by atoms with Crippen molar-refractivity contribution >= 4 is 11.9 Å². The van der Waals surface area contributed by atoms with Crippen LogP contribution in [0.3, 0.4) is 0 Å². The Morgan fingerprint density at radius 1 is 1.18 bits per heavy atom. The van der Waals surface area contributed by atoms with Crippen molar-refractivity contribution in [3.63, 3.8) is 0 Å². The summed E-state index contributed by atoms with van der Waals surface area (Å²) < 4.78 is 0. The summed E-state index contributed by atoms with van der Waals surface area (Å²) in [6.45, 7) is 5.09. The van der Waals surface area contributed by atoms with Crippen molar-refractivity contribution in [3.8, 4) is 0 Å². The second-order valence-electron chi connectivity index (χ2n) is 4.82. The van der Waals surface area contributed by atoms with E-state index in [1.807, 2.05) is 0 Å². The third-order valence-electron chi connectivity index (χ3n) is 3.31. The molecule has 0 aromatic carbocycles. The Hall–Kier alpha value is -1.39. The fourth-order valence-electron chi connectivity index (χ4n) is 2.20. The highest BCUT2D eigenvalue weighted by molar-refractivity contribution is 5.38. The molecular formula is C12H19N5. The molecule has 0 bridgehead atoms. The van der Waals surface area contributed by atoms with E-state index in [4.69, 9.17) is 0 Å². The van der Waals surface area contributed by atoms with Gasteiger partial charge in [-0.15, -0.1) is 0 Å². The van der Waals surface area contributed by atoms with Crippen molar-refractivity contribution in [2.45, 2.75) is 38.5 Å². The molecule has 2 aliphatic rings. The van der Waals surface area contributed by atoms with E-state index in [1.54, 1.807) is 0 Å². The molecule has 1 aliphatic heterocycles. The summed E-state index contributed by atoms with van der Waals surface area (Å²) in [6, 6.07) is 0. The Morgan fingerprint density at radius 2 is 1.94 bits per heavy atom. The quantitative estimate of drug-likeness (QED) is 0.859. The fourth-order valence-corrected chi connectivity index (χ4v) is 2.20. The molecule has 0 spiro atoms. The maximum Gasteiger partial charge on any atom is 0.230 e. The normalized spacial score (nSPS) is 19.7. The van der Waals surface area contributed by atoms with Crippen LogP contribution in [0.4, 0.5) is 11.9 Å². The molecule has 2 fully saturated rings. The zero-order valence-corrected chi connectivity index (χ0v) is 10.3. The largest absolute Gasteiger partial charge is 0.354 e. The van der Waals surface area contributed by atoms with E-state index in [9.17, 15) is 0 Å². The summed E-state index contributed by atoms with van der Waals surface area (Å²) in [4.78, 5) is 15.9. The topological polar surface area (TPSA) is 53.9 Å². The first-order valence-electron chi connectivity index (χ1n) is 6.61. The van der Waals surface area contributed by atoms with Gasteiger partial charge in [0.1, 0.15) is 5.82 Å². The average Bonchev–Trinajstić information content (AvgIpc) is 3.05. The summed E-state index contributed by atoms with van der Waals surface area (Å²) in [6.07, 6.45) is 4.96. The van der Waals surface area contributed by atoms with Crippen LogP contribution in [0.2, 0.25) is 0 Å². The number of hydrogen-bond donors (Lipinski definition) is 1. The summed E-state index contributed by atoms with van der Waals surface area (Å²) in [5.41, 5.74) is 0. The Bertz CT molecular complexity index is 396. The number of rotatable bonds is 4. The van der Waals surface area contributed by atoms with Gasteiger partial charge in [0.25, 0.3) is 0 Å². The van der Waals surface area contributed by atoms with Crippen LogP contribution in [0.15, 0.2) is 0 Å². The lowest BCUT2D eigenvalue weighted by Crippen LogP contribution is -2.22. The first kappa shape index (κ1) is 10.7. The van der Waals surface area contributed by atoms with Crippen LogP contribution in [0.1, 0.15) is 44.3 Å². The highest BCUT2D eigenvalue weighted by Gasteiger charge is 2.28. The van der Waals surface area contributed by atoms with Crippen LogP contribution in [0.5, 0.6) is 0 Å². The van der Waals surface area contributed by atoms with Gasteiger partial charge in [-0.2, -0.15) is 15.0 Å². The predicted molar refractivity (Wildman–Crippen MR) is 67.4 cm³/mol. The van der Waals surface area contributed by atoms with Gasteiger partial charge in [-0.3, -0.25) is 0 Å². The van der Waals surface area contributed by atoms with E-state index >= 15 is 0 Å². The van der Waals surface area contributed by atoms with Crippen LogP contribution in [-0.2, 0) is 0 Å². The molecule has 1 aliphatic carbocycles. The molecule has 1 saturated heterocycles. The Labute approximate surface area is 102 Å². The number of nitrogens with one attached hydrogen (secondary N) is 1. The molecule has 92 valence electrons. The molecule has 5 nitrogen and oxygen atoms in total. The Kier molecular flexibility index (Phi) is 2.82. The van der Waals surface area contributed by atoms with E-state index in [0.717, 1.165) is 37.4 Å². The van der Waals surface area contributed by atoms with E-state index in [1.165, 1.54) is 25.7 Å². The molecule has 0 amide bonds. The molecule has 0 atom stereocenters. The fraction of sp³-hybridized carbons (Fsp3) is 0.750. The number of hydrogen-bond acceptors (Lipinski definition) is 5. The van der Waals surface area contributed by atoms with Crippen molar-refractivity contribution in [2.75, 3.05) is 29.9 Å². The van der Waals surface area contributed by atoms with Gasteiger partial charge in [0.2, 0.25) is 11.9 Å². The number of nitrogens with zero attached hydrogens (tertiary/aromatic N) is 4. The second-order valence-corrected chi connectivity index (χ2v) is 4.82. The summed E-state index contributed by atoms with van der Waals surface area (Å²) in [5.74, 6) is 3.18. The molecule has 0 radical (unpaired) electrons. The Balaban J connectivity index is 1.89. The molecule has 0 unspecified atom stereocenters. The average molecular weight is 233 g/mol. The van der Waals surface area contributed by atoms with Gasteiger partial charge in [-0.05, 0) is 32.6 Å². The molecular weight excluding hydrogens is 214 g/mol. The first-order valence-corrected chi connectivity index (χ1v) is 6.61. The van der Waals surface area contributed by atoms with Crippen LogP contribution in [0, 0.1) is 0 Å². The lowest BCUT2D eigenvalue weighted by Gasteiger charge is -2.16.